The van der Waals surface area contributed by atoms with E-state index in [1.54, 1.807) is 0 Å². The van der Waals surface area contributed by atoms with Crippen LogP contribution >= 0.6 is 7.82 Å². The molecule has 0 saturated carbocycles. The van der Waals surface area contributed by atoms with Gasteiger partial charge in [0.25, 0.3) is 7.82 Å². The largest absolute Gasteiger partial charge is 0.756 e. The van der Waals surface area contributed by atoms with Gasteiger partial charge in [-0.2, -0.15) is 0 Å². The minimum absolute atomic E-state index is 0.0379. The first kappa shape index (κ1) is 52.0. The monoisotopic (exact) mass is 782 g/mol. The maximum absolute atomic E-state index is 12.7. The lowest BCUT2D eigenvalue weighted by molar-refractivity contribution is -0.870. The number of esters is 2. The van der Waals surface area contributed by atoms with Gasteiger partial charge in [-0.15, -0.1) is 0 Å². The van der Waals surface area contributed by atoms with Gasteiger partial charge in [0.15, 0.2) is 6.10 Å². The zero-order chi connectivity index (χ0) is 40.0. The smallest absolute Gasteiger partial charge is 0.306 e. The summed E-state index contributed by atoms with van der Waals surface area (Å²) < 4.78 is 33.8. The summed E-state index contributed by atoms with van der Waals surface area (Å²) in [5, 5.41) is 0. The van der Waals surface area contributed by atoms with Crippen molar-refractivity contribution in [3.63, 3.8) is 0 Å². The second-order valence-electron chi connectivity index (χ2n) is 15.3. The number of phosphoric ester groups is 1. The summed E-state index contributed by atoms with van der Waals surface area (Å²) in [6.45, 7) is 4.06. The van der Waals surface area contributed by atoms with Gasteiger partial charge in [0, 0.05) is 12.8 Å². The zero-order valence-corrected chi connectivity index (χ0v) is 36.0. The Balaban J connectivity index is 4.44. The van der Waals surface area contributed by atoms with Gasteiger partial charge in [-0.25, -0.2) is 0 Å². The lowest BCUT2D eigenvalue weighted by Crippen LogP contribution is -2.37. The Morgan fingerprint density at radius 1 is 0.593 bits per heavy atom. The van der Waals surface area contributed by atoms with Crippen LogP contribution in [0, 0.1) is 0 Å². The average molecular weight is 782 g/mol. The highest BCUT2D eigenvalue weighted by Crippen LogP contribution is 2.38. The Labute approximate surface area is 331 Å². The molecule has 0 spiro atoms. The van der Waals surface area contributed by atoms with E-state index < -0.39 is 32.5 Å². The summed E-state index contributed by atoms with van der Waals surface area (Å²) in [5.41, 5.74) is 0. The standard InChI is InChI=1S/C44H80NO8P/c1-6-8-10-12-14-16-18-20-22-24-26-28-30-32-34-36-43(46)50-40-42(41-52-54(48,49)51-39-38-45(3,4)5)53-44(47)37-35-33-31-29-27-25-23-21-19-17-15-13-11-9-7-2/h8,10,14,16,20,22,26,28,42H,6-7,9,11-13,15,17-19,21,23-25,27,29-41H2,1-5H3/b10-8+,16-14+,22-20+,28-26+/t42-/m1/s1. The van der Waals surface area contributed by atoms with Crippen LogP contribution in [-0.2, 0) is 32.7 Å². The van der Waals surface area contributed by atoms with Crippen molar-refractivity contribution >= 4 is 19.8 Å². The first-order valence-electron chi connectivity index (χ1n) is 21.3. The maximum atomic E-state index is 12.7. The van der Waals surface area contributed by atoms with E-state index in [-0.39, 0.29) is 26.1 Å². The van der Waals surface area contributed by atoms with Crippen molar-refractivity contribution in [3.8, 4) is 0 Å². The lowest BCUT2D eigenvalue weighted by atomic mass is 10.0. The molecule has 54 heavy (non-hydrogen) atoms. The summed E-state index contributed by atoms with van der Waals surface area (Å²) in [6.07, 6.45) is 41.4. The number of unbranched alkanes of at least 4 members (excludes halogenated alkanes) is 16. The molecular formula is C44H80NO8P. The van der Waals surface area contributed by atoms with Gasteiger partial charge in [-0.3, -0.25) is 14.2 Å². The van der Waals surface area contributed by atoms with Crippen LogP contribution in [0.25, 0.3) is 0 Å². The molecule has 0 aliphatic rings. The van der Waals surface area contributed by atoms with Crippen molar-refractivity contribution in [2.75, 3.05) is 47.5 Å². The van der Waals surface area contributed by atoms with E-state index in [0.29, 0.717) is 23.9 Å². The average Bonchev–Trinajstić information content (AvgIpc) is 3.12. The number of ether oxygens (including phenoxy) is 2. The summed E-state index contributed by atoms with van der Waals surface area (Å²) in [6, 6.07) is 0. The minimum atomic E-state index is -4.63. The number of quaternary nitrogens is 1. The van der Waals surface area contributed by atoms with E-state index in [9.17, 15) is 19.0 Å². The Morgan fingerprint density at radius 3 is 1.57 bits per heavy atom. The van der Waals surface area contributed by atoms with E-state index in [1.807, 2.05) is 21.1 Å². The number of allylic oxidation sites excluding steroid dienone is 8. The third-order valence-electron chi connectivity index (χ3n) is 8.86. The van der Waals surface area contributed by atoms with Crippen LogP contribution in [0.1, 0.15) is 168 Å². The summed E-state index contributed by atoms with van der Waals surface area (Å²) in [4.78, 5) is 37.5. The number of rotatable bonds is 38. The molecule has 0 radical (unpaired) electrons. The zero-order valence-electron chi connectivity index (χ0n) is 35.2. The molecule has 9 nitrogen and oxygen atoms in total. The van der Waals surface area contributed by atoms with Crippen molar-refractivity contribution in [1.82, 2.24) is 0 Å². The molecule has 0 aromatic carbocycles. The third kappa shape index (κ3) is 39.7. The molecule has 1 unspecified atom stereocenters. The van der Waals surface area contributed by atoms with Crippen molar-refractivity contribution in [2.45, 2.75) is 174 Å². The molecule has 0 fully saturated rings. The molecule has 0 aliphatic carbocycles. The first-order chi connectivity index (χ1) is 26.0. The van der Waals surface area contributed by atoms with Crippen LogP contribution in [0.3, 0.4) is 0 Å². The van der Waals surface area contributed by atoms with E-state index in [1.165, 1.54) is 70.6 Å². The highest BCUT2D eigenvalue weighted by molar-refractivity contribution is 7.45. The third-order valence-corrected chi connectivity index (χ3v) is 9.83. The topological polar surface area (TPSA) is 111 Å². The number of likely N-dealkylation sites (N-methyl/N-ethyl adjacent to an activating group) is 1. The molecule has 10 heteroatoms. The number of carbonyl (C=O) groups is 2. The van der Waals surface area contributed by atoms with Gasteiger partial charge in [-0.05, 0) is 51.4 Å². The molecule has 0 N–H and O–H groups in total. The molecule has 0 saturated heterocycles. The van der Waals surface area contributed by atoms with Crippen LogP contribution in [0.2, 0.25) is 0 Å². The molecule has 0 amide bonds. The Morgan fingerprint density at radius 2 is 1.06 bits per heavy atom. The predicted molar refractivity (Wildman–Crippen MR) is 222 cm³/mol. The fourth-order valence-electron chi connectivity index (χ4n) is 5.53. The van der Waals surface area contributed by atoms with E-state index >= 15 is 0 Å². The van der Waals surface area contributed by atoms with Crippen LogP contribution in [0.5, 0.6) is 0 Å². The highest BCUT2D eigenvalue weighted by Gasteiger charge is 2.21. The molecule has 0 aromatic heterocycles. The SMILES string of the molecule is CC/C=C/C/C=C/C/C=C/C/C=C/CCCCC(=O)OC[C@H](COP(=O)([O-])OCC[N+](C)(C)C)OC(=O)CCCCCCCCCCCCCCCCC. The summed E-state index contributed by atoms with van der Waals surface area (Å²) >= 11 is 0. The fraction of sp³-hybridized carbons (Fsp3) is 0.773. The van der Waals surface area contributed by atoms with Crippen molar-refractivity contribution in [1.29, 1.82) is 0 Å². The van der Waals surface area contributed by atoms with Crippen LogP contribution in [0.15, 0.2) is 48.6 Å². The molecule has 0 aliphatic heterocycles. The van der Waals surface area contributed by atoms with Crippen molar-refractivity contribution < 1.29 is 42.1 Å². The van der Waals surface area contributed by atoms with E-state index in [0.717, 1.165) is 57.8 Å². The minimum Gasteiger partial charge on any atom is -0.756 e. The lowest BCUT2D eigenvalue weighted by Gasteiger charge is -2.28. The molecule has 2 atom stereocenters. The summed E-state index contributed by atoms with van der Waals surface area (Å²) in [7, 11) is 1.14. The second-order valence-corrected chi connectivity index (χ2v) is 16.7. The molecule has 0 aromatic rings. The van der Waals surface area contributed by atoms with Crippen LogP contribution in [-0.4, -0.2) is 70.0 Å². The van der Waals surface area contributed by atoms with Gasteiger partial charge in [0.05, 0.1) is 27.7 Å². The van der Waals surface area contributed by atoms with Gasteiger partial charge in [-0.1, -0.05) is 152 Å². The van der Waals surface area contributed by atoms with E-state index in [2.05, 4.69) is 62.5 Å². The number of nitrogens with zero attached hydrogens (tertiary/aromatic N) is 1. The fourth-order valence-corrected chi connectivity index (χ4v) is 6.26. The van der Waals surface area contributed by atoms with Gasteiger partial charge in [0.2, 0.25) is 0 Å². The van der Waals surface area contributed by atoms with Crippen LogP contribution < -0.4 is 4.89 Å². The number of hydrogen-bond donors (Lipinski definition) is 0. The van der Waals surface area contributed by atoms with Gasteiger partial charge < -0.3 is 27.9 Å². The highest BCUT2D eigenvalue weighted by atomic mass is 31.2. The molecule has 314 valence electrons. The van der Waals surface area contributed by atoms with Crippen molar-refractivity contribution in [2.24, 2.45) is 0 Å². The number of hydrogen-bond acceptors (Lipinski definition) is 8. The Kier molecular flexibility index (Phi) is 35.2. The number of phosphoric acid groups is 1. The number of carbonyl (C=O) groups excluding carboxylic acids is 2. The quantitative estimate of drug-likeness (QED) is 0.0200. The first-order valence-corrected chi connectivity index (χ1v) is 22.8. The second kappa shape index (κ2) is 36.6. The van der Waals surface area contributed by atoms with Gasteiger partial charge in [0.1, 0.15) is 19.8 Å². The molecule has 0 rings (SSSR count). The Hall–Kier alpha value is -2.03. The summed E-state index contributed by atoms with van der Waals surface area (Å²) in [5.74, 6) is -0.882. The molecule has 0 heterocycles. The predicted octanol–water partition coefficient (Wildman–Crippen LogP) is 11.3. The Bertz CT molecular complexity index is 1070. The molecular weight excluding hydrogens is 701 g/mol. The molecule has 0 bridgehead atoms. The van der Waals surface area contributed by atoms with Gasteiger partial charge >= 0.3 is 11.9 Å². The maximum Gasteiger partial charge on any atom is 0.306 e. The van der Waals surface area contributed by atoms with E-state index in [4.69, 9.17) is 18.5 Å². The van der Waals surface area contributed by atoms with Crippen LogP contribution in [0.4, 0.5) is 0 Å². The normalized spacial score (nSPS) is 14.1. The van der Waals surface area contributed by atoms with Crippen molar-refractivity contribution in [3.05, 3.63) is 48.6 Å².